The van der Waals surface area contributed by atoms with Crippen LogP contribution in [0.5, 0.6) is 0 Å². The Morgan fingerprint density at radius 2 is 2.43 bits per heavy atom. The van der Waals surface area contributed by atoms with Crippen molar-refractivity contribution in [2.24, 2.45) is 5.92 Å². The molecule has 4 heteroatoms. The minimum atomic E-state index is -0.164. The SMILES string of the molecule is CC(C)CCCNC(=O)c1cocn1. The van der Waals surface area contributed by atoms with Crippen LogP contribution >= 0.6 is 0 Å². The van der Waals surface area contributed by atoms with E-state index in [9.17, 15) is 4.79 Å². The molecular weight excluding hydrogens is 180 g/mol. The maximum atomic E-state index is 11.3. The van der Waals surface area contributed by atoms with Crippen molar-refractivity contribution < 1.29 is 9.21 Å². The number of oxazole rings is 1. The molecule has 0 unspecified atom stereocenters. The van der Waals surface area contributed by atoms with E-state index in [1.54, 1.807) is 0 Å². The molecule has 78 valence electrons. The molecule has 0 atom stereocenters. The summed E-state index contributed by atoms with van der Waals surface area (Å²) in [5, 5.41) is 2.78. The molecule has 14 heavy (non-hydrogen) atoms. The summed E-state index contributed by atoms with van der Waals surface area (Å²) in [5.41, 5.74) is 0.342. The van der Waals surface area contributed by atoms with Crippen LogP contribution < -0.4 is 5.32 Å². The zero-order chi connectivity index (χ0) is 10.4. The molecule has 1 aromatic heterocycles. The summed E-state index contributed by atoms with van der Waals surface area (Å²) in [6.07, 6.45) is 4.72. The number of nitrogens with one attached hydrogen (secondary N) is 1. The van der Waals surface area contributed by atoms with Crippen molar-refractivity contribution in [2.45, 2.75) is 26.7 Å². The number of hydrogen-bond donors (Lipinski definition) is 1. The van der Waals surface area contributed by atoms with E-state index >= 15 is 0 Å². The van der Waals surface area contributed by atoms with E-state index in [2.05, 4.69) is 24.1 Å². The van der Waals surface area contributed by atoms with Crippen molar-refractivity contribution in [1.29, 1.82) is 0 Å². The van der Waals surface area contributed by atoms with Crippen molar-refractivity contribution in [3.8, 4) is 0 Å². The lowest BCUT2D eigenvalue weighted by Crippen LogP contribution is -2.24. The molecule has 0 aliphatic carbocycles. The van der Waals surface area contributed by atoms with Gasteiger partial charge in [-0.1, -0.05) is 13.8 Å². The monoisotopic (exact) mass is 196 g/mol. The first-order valence-corrected chi connectivity index (χ1v) is 4.86. The summed E-state index contributed by atoms with van der Waals surface area (Å²) in [5.74, 6) is 0.515. The summed E-state index contributed by atoms with van der Waals surface area (Å²) in [7, 11) is 0. The average molecular weight is 196 g/mol. The Morgan fingerprint density at radius 3 is 3.00 bits per heavy atom. The maximum Gasteiger partial charge on any atom is 0.273 e. The number of carbonyl (C=O) groups excluding carboxylic acids is 1. The van der Waals surface area contributed by atoms with Crippen LogP contribution in [0.15, 0.2) is 17.1 Å². The van der Waals surface area contributed by atoms with Crippen molar-refractivity contribution >= 4 is 5.91 Å². The smallest absolute Gasteiger partial charge is 0.273 e. The van der Waals surface area contributed by atoms with Crippen molar-refractivity contribution in [3.05, 3.63) is 18.4 Å². The lowest BCUT2D eigenvalue weighted by Gasteiger charge is -2.04. The van der Waals surface area contributed by atoms with Gasteiger partial charge in [-0.2, -0.15) is 0 Å². The molecule has 0 aliphatic heterocycles. The normalized spacial score (nSPS) is 10.5. The second kappa shape index (κ2) is 5.42. The number of nitrogens with zero attached hydrogens (tertiary/aromatic N) is 1. The van der Waals surface area contributed by atoms with Crippen LogP contribution in [0, 0.1) is 5.92 Å². The van der Waals surface area contributed by atoms with E-state index in [-0.39, 0.29) is 5.91 Å². The molecular formula is C10H16N2O2. The number of rotatable bonds is 5. The summed E-state index contributed by atoms with van der Waals surface area (Å²) in [6.45, 7) is 5.03. The number of carbonyl (C=O) groups is 1. The highest BCUT2D eigenvalue weighted by atomic mass is 16.3. The van der Waals surface area contributed by atoms with Gasteiger partial charge in [-0.15, -0.1) is 0 Å². The fourth-order valence-corrected chi connectivity index (χ4v) is 1.13. The quantitative estimate of drug-likeness (QED) is 0.731. The van der Waals surface area contributed by atoms with Gasteiger partial charge in [0.05, 0.1) is 0 Å². The molecule has 1 aromatic rings. The Balaban J connectivity index is 2.16. The van der Waals surface area contributed by atoms with E-state index < -0.39 is 0 Å². The maximum absolute atomic E-state index is 11.3. The van der Waals surface area contributed by atoms with Crippen LogP contribution in [0.2, 0.25) is 0 Å². The van der Waals surface area contributed by atoms with Crippen LogP contribution in [0.1, 0.15) is 37.2 Å². The third-order valence-electron chi connectivity index (χ3n) is 1.91. The van der Waals surface area contributed by atoms with Gasteiger partial charge in [0.1, 0.15) is 6.26 Å². The van der Waals surface area contributed by atoms with Gasteiger partial charge < -0.3 is 9.73 Å². The second-order valence-corrected chi connectivity index (χ2v) is 3.67. The molecule has 4 nitrogen and oxygen atoms in total. The van der Waals surface area contributed by atoms with Gasteiger partial charge in [-0.25, -0.2) is 4.98 Å². The molecule has 1 N–H and O–H groups in total. The lowest BCUT2D eigenvalue weighted by molar-refractivity contribution is 0.0947. The van der Waals surface area contributed by atoms with Gasteiger partial charge in [-0.05, 0) is 18.8 Å². The summed E-state index contributed by atoms with van der Waals surface area (Å²) >= 11 is 0. The van der Waals surface area contributed by atoms with Crippen LogP contribution in [-0.4, -0.2) is 17.4 Å². The van der Waals surface area contributed by atoms with Crippen molar-refractivity contribution in [1.82, 2.24) is 10.3 Å². The van der Waals surface area contributed by atoms with E-state index in [1.165, 1.54) is 12.7 Å². The molecule has 0 radical (unpaired) electrons. The highest BCUT2D eigenvalue weighted by molar-refractivity contribution is 5.91. The molecule has 1 amide bonds. The summed E-state index contributed by atoms with van der Waals surface area (Å²) in [4.78, 5) is 15.1. The number of hydrogen-bond acceptors (Lipinski definition) is 3. The van der Waals surface area contributed by atoms with Crippen LogP contribution in [0.4, 0.5) is 0 Å². The third kappa shape index (κ3) is 3.60. The average Bonchev–Trinajstić information content (AvgIpc) is 2.64. The van der Waals surface area contributed by atoms with Gasteiger partial charge >= 0.3 is 0 Å². The Morgan fingerprint density at radius 1 is 1.64 bits per heavy atom. The van der Waals surface area contributed by atoms with Crippen LogP contribution in [0.25, 0.3) is 0 Å². The number of aromatic nitrogens is 1. The highest BCUT2D eigenvalue weighted by Gasteiger charge is 2.06. The molecule has 0 bridgehead atoms. The molecule has 1 rings (SSSR count). The summed E-state index contributed by atoms with van der Waals surface area (Å²) < 4.78 is 4.71. The molecule has 0 fully saturated rings. The van der Waals surface area contributed by atoms with E-state index in [0.29, 0.717) is 18.2 Å². The first-order chi connectivity index (χ1) is 6.70. The molecule has 1 heterocycles. The Kier molecular flexibility index (Phi) is 4.16. The largest absolute Gasteiger partial charge is 0.451 e. The summed E-state index contributed by atoms with van der Waals surface area (Å²) in [6, 6.07) is 0. The van der Waals surface area contributed by atoms with Gasteiger partial charge in [0.2, 0.25) is 0 Å². The van der Waals surface area contributed by atoms with E-state index in [1.807, 2.05) is 0 Å². The van der Waals surface area contributed by atoms with Crippen molar-refractivity contribution in [2.75, 3.05) is 6.54 Å². The molecule has 0 saturated heterocycles. The fourth-order valence-electron chi connectivity index (χ4n) is 1.13. The zero-order valence-electron chi connectivity index (χ0n) is 8.62. The molecule has 0 aliphatic rings. The minimum Gasteiger partial charge on any atom is -0.451 e. The zero-order valence-corrected chi connectivity index (χ0v) is 8.62. The topological polar surface area (TPSA) is 55.1 Å². The minimum absolute atomic E-state index is 0.164. The standard InChI is InChI=1S/C10H16N2O2/c1-8(2)4-3-5-11-10(13)9-6-14-7-12-9/h6-8H,3-5H2,1-2H3,(H,11,13). The fraction of sp³-hybridized carbons (Fsp3) is 0.600. The van der Waals surface area contributed by atoms with Gasteiger partial charge in [-0.3, -0.25) is 4.79 Å². The van der Waals surface area contributed by atoms with Gasteiger partial charge in [0, 0.05) is 6.54 Å². The Labute approximate surface area is 83.7 Å². The lowest BCUT2D eigenvalue weighted by atomic mass is 10.1. The molecule has 0 saturated carbocycles. The Bertz CT molecular complexity index is 268. The number of amides is 1. The van der Waals surface area contributed by atoms with Gasteiger partial charge in [0.25, 0.3) is 5.91 Å². The second-order valence-electron chi connectivity index (χ2n) is 3.67. The van der Waals surface area contributed by atoms with E-state index in [0.717, 1.165) is 12.8 Å². The highest BCUT2D eigenvalue weighted by Crippen LogP contribution is 2.02. The van der Waals surface area contributed by atoms with Crippen LogP contribution in [-0.2, 0) is 0 Å². The first-order valence-electron chi connectivity index (χ1n) is 4.86. The third-order valence-corrected chi connectivity index (χ3v) is 1.91. The Hall–Kier alpha value is -1.32. The first kappa shape index (κ1) is 10.8. The predicted molar refractivity (Wildman–Crippen MR) is 52.9 cm³/mol. The van der Waals surface area contributed by atoms with Crippen molar-refractivity contribution in [3.63, 3.8) is 0 Å². The predicted octanol–water partition coefficient (Wildman–Crippen LogP) is 1.84. The van der Waals surface area contributed by atoms with Crippen LogP contribution in [0.3, 0.4) is 0 Å². The van der Waals surface area contributed by atoms with E-state index in [4.69, 9.17) is 4.42 Å². The van der Waals surface area contributed by atoms with Gasteiger partial charge in [0.15, 0.2) is 12.1 Å². The molecule has 0 spiro atoms. The molecule has 0 aromatic carbocycles.